The van der Waals surface area contributed by atoms with Crippen LogP contribution in [0.5, 0.6) is 0 Å². The Hall–Kier alpha value is -1.72. The molecule has 0 radical (unpaired) electrons. The molecule has 2 aromatic rings. The Labute approximate surface area is 96.5 Å². The van der Waals surface area contributed by atoms with E-state index in [0.29, 0.717) is 0 Å². The third-order valence-corrected chi connectivity index (χ3v) is 3.25. The maximum atomic E-state index is 10.6. The van der Waals surface area contributed by atoms with Crippen molar-refractivity contribution in [1.29, 1.82) is 0 Å². The summed E-state index contributed by atoms with van der Waals surface area (Å²) < 4.78 is 0. The van der Waals surface area contributed by atoms with Crippen molar-refractivity contribution in [2.45, 2.75) is 6.04 Å². The van der Waals surface area contributed by atoms with Crippen LogP contribution < -0.4 is 5.73 Å². The summed E-state index contributed by atoms with van der Waals surface area (Å²) in [6.07, 6.45) is 0. The van der Waals surface area contributed by atoms with Gasteiger partial charge in [-0.05, 0) is 17.0 Å². The molecule has 0 aliphatic rings. The van der Waals surface area contributed by atoms with Crippen LogP contribution in [0, 0.1) is 10.1 Å². The van der Waals surface area contributed by atoms with Crippen molar-refractivity contribution in [3.63, 3.8) is 0 Å². The van der Waals surface area contributed by atoms with Crippen LogP contribution >= 0.6 is 11.3 Å². The SMILES string of the molecule is N[C@@H](c1cccc([N+](=O)[O-])c1)c1cccs1. The molecule has 2 N–H and O–H groups in total. The molecule has 0 saturated heterocycles. The van der Waals surface area contributed by atoms with Crippen molar-refractivity contribution in [2.24, 2.45) is 5.73 Å². The Bertz CT molecular complexity index is 496. The van der Waals surface area contributed by atoms with Gasteiger partial charge in [0.05, 0.1) is 11.0 Å². The van der Waals surface area contributed by atoms with Gasteiger partial charge in [-0.15, -0.1) is 11.3 Å². The van der Waals surface area contributed by atoms with Crippen molar-refractivity contribution >= 4 is 17.0 Å². The molecule has 0 aliphatic carbocycles. The fraction of sp³-hybridized carbons (Fsp3) is 0.0909. The fourth-order valence-corrected chi connectivity index (χ4v) is 2.22. The van der Waals surface area contributed by atoms with E-state index in [-0.39, 0.29) is 11.7 Å². The Morgan fingerprint density at radius 2 is 2.12 bits per heavy atom. The molecule has 82 valence electrons. The summed E-state index contributed by atoms with van der Waals surface area (Å²) in [5.41, 5.74) is 6.85. The number of nitro groups is 1. The molecule has 0 saturated carbocycles. The number of thiophene rings is 1. The predicted octanol–water partition coefficient (Wildman–Crippen LogP) is 2.70. The molecule has 2 rings (SSSR count). The number of hydrogen-bond acceptors (Lipinski definition) is 4. The van der Waals surface area contributed by atoms with Gasteiger partial charge in [-0.25, -0.2) is 0 Å². The Morgan fingerprint density at radius 3 is 2.75 bits per heavy atom. The van der Waals surface area contributed by atoms with Crippen LogP contribution in [0.15, 0.2) is 41.8 Å². The van der Waals surface area contributed by atoms with E-state index >= 15 is 0 Å². The number of nitrogens with zero attached hydrogens (tertiary/aromatic N) is 1. The first-order valence-corrected chi connectivity index (χ1v) is 5.60. The molecule has 0 amide bonds. The van der Waals surface area contributed by atoms with E-state index in [2.05, 4.69) is 0 Å². The Kier molecular flexibility index (Phi) is 2.98. The van der Waals surface area contributed by atoms with Crippen LogP contribution in [-0.4, -0.2) is 4.92 Å². The van der Waals surface area contributed by atoms with Crippen LogP contribution in [-0.2, 0) is 0 Å². The summed E-state index contributed by atoms with van der Waals surface area (Å²) in [5, 5.41) is 12.6. The number of non-ortho nitro benzene ring substituents is 1. The quantitative estimate of drug-likeness (QED) is 0.655. The van der Waals surface area contributed by atoms with E-state index in [9.17, 15) is 10.1 Å². The molecule has 1 atom stereocenters. The summed E-state index contributed by atoms with van der Waals surface area (Å²) in [7, 11) is 0. The second-order valence-electron chi connectivity index (χ2n) is 3.35. The average Bonchev–Trinajstić information content (AvgIpc) is 2.81. The van der Waals surface area contributed by atoms with E-state index in [1.807, 2.05) is 17.5 Å². The molecule has 4 nitrogen and oxygen atoms in total. The van der Waals surface area contributed by atoms with E-state index in [0.717, 1.165) is 10.4 Å². The van der Waals surface area contributed by atoms with Gasteiger partial charge < -0.3 is 5.73 Å². The van der Waals surface area contributed by atoms with E-state index in [1.165, 1.54) is 12.1 Å². The normalized spacial score (nSPS) is 12.3. The summed E-state index contributed by atoms with van der Waals surface area (Å²) in [5.74, 6) is 0. The number of benzene rings is 1. The molecule has 5 heteroatoms. The zero-order valence-electron chi connectivity index (χ0n) is 8.37. The van der Waals surface area contributed by atoms with Gasteiger partial charge in [0.1, 0.15) is 0 Å². The first kappa shape index (κ1) is 10.8. The number of nitrogens with two attached hydrogens (primary N) is 1. The molecule has 0 fully saturated rings. The van der Waals surface area contributed by atoms with E-state index < -0.39 is 4.92 Å². The van der Waals surface area contributed by atoms with Crippen LogP contribution in [0.3, 0.4) is 0 Å². The lowest BCUT2D eigenvalue weighted by Crippen LogP contribution is -2.10. The van der Waals surface area contributed by atoms with Crippen molar-refractivity contribution in [3.8, 4) is 0 Å². The number of hydrogen-bond donors (Lipinski definition) is 1. The molecule has 0 aliphatic heterocycles. The smallest absolute Gasteiger partial charge is 0.269 e. The van der Waals surface area contributed by atoms with Gasteiger partial charge in [0, 0.05) is 17.0 Å². The minimum Gasteiger partial charge on any atom is -0.320 e. The zero-order valence-corrected chi connectivity index (χ0v) is 9.18. The first-order valence-electron chi connectivity index (χ1n) is 4.72. The first-order chi connectivity index (χ1) is 7.68. The predicted molar refractivity (Wildman–Crippen MR) is 63.4 cm³/mol. The summed E-state index contributed by atoms with van der Waals surface area (Å²) in [6.45, 7) is 0. The average molecular weight is 234 g/mol. The molecular formula is C11H10N2O2S. The number of nitro benzene ring substituents is 1. The van der Waals surface area contributed by atoms with Crippen LogP contribution in [0.1, 0.15) is 16.5 Å². The highest BCUT2D eigenvalue weighted by Gasteiger charge is 2.13. The molecule has 0 bridgehead atoms. The fourth-order valence-electron chi connectivity index (χ4n) is 1.46. The highest BCUT2D eigenvalue weighted by molar-refractivity contribution is 7.10. The summed E-state index contributed by atoms with van der Waals surface area (Å²) in [6, 6.07) is 9.98. The minimum absolute atomic E-state index is 0.0736. The van der Waals surface area contributed by atoms with Gasteiger partial charge in [0.15, 0.2) is 0 Å². The van der Waals surface area contributed by atoms with E-state index in [4.69, 9.17) is 5.73 Å². The molecule has 0 spiro atoms. The van der Waals surface area contributed by atoms with Gasteiger partial charge in [-0.2, -0.15) is 0 Å². The molecule has 16 heavy (non-hydrogen) atoms. The molecular weight excluding hydrogens is 224 g/mol. The minimum atomic E-state index is -0.412. The van der Waals surface area contributed by atoms with Crippen LogP contribution in [0.4, 0.5) is 5.69 Å². The maximum absolute atomic E-state index is 10.6. The lowest BCUT2D eigenvalue weighted by atomic mass is 10.1. The second kappa shape index (κ2) is 4.42. The van der Waals surface area contributed by atoms with Gasteiger partial charge in [0.25, 0.3) is 5.69 Å². The van der Waals surface area contributed by atoms with Crippen molar-refractivity contribution in [1.82, 2.24) is 0 Å². The summed E-state index contributed by atoms with van der Waals surface area (Å²) >= 11 is 1.55. The highest BCUT2D eigenvalue weighted by atomic mass is 32.1. The molecule has 1 aromatic heterocycles. The topological polar surface area (TPSA) is 69.2 Å². The molecule has 1 aromatic carbocycles. The maximum Gasteiger partial charge on any atom is 0.269 e. The highest BCUT2D eigenvalue weighted by Crippen LogP contribution is 2.25. The Balaban J connectivity index is 2.34. The van der Waals surface area contributed by atoms with Gasteiger partial charge in [-0.1, -0.05) is 18.2 Å². The van der Waals surface area contributed by atoms with E-state index in [1.54, 1.807) is 23.5 Å². The molecule has 1 heterocycles. The third-order valence-electron chi connectivity index (χ3n) is 2.29. The van der Waals surface area contributed by atoms with Gasteiger partial charge in [-0.3, -0.25) is 10.1 Å². The van der Waals surface area contributed by atoms with Crippen LogP contribution in [0.2, 0.25) is 0 Å². The monoisotopic (exact) mass is 234 g/mol. The molecule has 0 unspecified atom stereocenters. The second-order valence-corrected chi connectivity index (χ2v) is 4.32. The largest absolute Gasteiger partial charge is 0.320 e. The van der Waals surface area contributed by atoms with Crippen molar-refractivity contribution in [2.75, 3.05) is 0 Å². The van der Waals surface area contributed by atoms with Crippen LogP contribution in [0.25, 0.3) is 0 Å². The standard InChI is InChI=1S/C11H10N2O2S/c12-11(10-5-2-6-16-10)8-3-1-4-9(7-8)13(14)15/h1-7,11H,12H2/t11-/m0/s1. The van der Waals surface area contributed by atoms with Gasteiger partial charge >= 0.3 is 0 Å². The third kappa shape index (κ3) is 2.10. The number of rotatable bonds is 3. The lowest BCUT2D eigenvalue weighted by Gasteiger charge is -2.09. The van der Waals surface area contributed by atoms with Crippen molar-refractivity contribution in [3.05, 3.63) is 62.3 Å². The van der Waals surface area contributed by atoms with Gasteiger partial charge in [0.2, 0.25) is 0 Å². The summed E-state index contributed by atoms with van der Waals surface area (Å²) in [4.78, 5) is 11.2. The van der Waals surface area contributed by atoms with Crippen molar-refractivity contribution < 1.29 is 4.92 Å². The lowest BCUT2D eigenvalue weighted by molar-refractivity contribution is -0.384. The zero-order chi connectivity index (χ0) is 11.5. The Morgan fingerprint density at radius 1 is 1.31 bits per heavy atom.